The molecule has 3 rings (SSSR count). The number of rotatable bonds is 10. The molecule has 0 aromatic heterocycles. The number of ether oxygens (including phenoxy) is 1. The van der Waals surface area contributed by atoms with Gasteiger partial charge < -0.3 is 15.4 Å². The van der Waals surface area contributed by atoms with Crippen LogP contribution in [0.15, 0.2) is 72.8 Å². The van der Waals surface area contributed by atoms with E-state index in [9.17, 15) is 14.4 Å². The molecular weight excluding hydrogens is 456 g/mol. The summed E-state index contributed by atoms with van der Waals surface area (Å²) in [7, 11) is 1.59. The van der Waals surface area contributed by atoms with Crippen LogP contribution in [0.1, 0.15) is 35.3 Å². The fraction of sp³-hybridized carbons (Fsp3) is 0.250. The molecule has 0 bridgehead atoms. The number of hydrogen-bond acceptors (Lipinski definition) is 5. The minimum absolute atomic E-state index is 0.163. The van der Waals surface area contributed by atoms with Crippen molar-refractivity contribution in [2.24, 2.45) is 0 Å². The Morgan fingerprint density at radius 1 is 0.944 bits per heavy atom. The van der Waals surface area contributed by atoms with Crippen LogP contribution >= 0.6 is 0 Å². The summed E-state index contributed by atoms with van der Waals surface area (Å²) in [6.07, 6.45) is 0.275. The molecule has 36 heavy (non-hydrogen) atoms. The fourth-order valence-electron chi connectivity index (χ4n) is 3.69. The second-order valence-electron chi connectivity index (χ2n) is 8.40. The van der Waals surface area contributed by atoms with Crippen molar-refractivity contribution < 1.29 is 19.1 Å². The third kappa shape index (κ3) is 7.33. The molecule has 0 aliphatic heterocycles. The highest BCUT2D eigenvalue weighted by molar-refractivity contribution is 5.98. The largest absolute Gasteiger partial charge is 0.497 e. The van der Waals surface area contributed by atoms with Gasteiger partial charge in [0.1, 0.15) is 11.8 Å². The van der Waals surface area contributed by atoms with Gasteiger partial charge in [0.2, 0.25) is 5.91 Å². The first-order chi connectivity index (χ1) is 17.3. The lowest BCUT2D eigenvalue weighted by Gasteiger charge is -2.28. The molecule has 0 fully saturated rings. The Bertz CT molecular complexity index is 1190. The number of nitrogens with one attached hydrogen (secondary N) is 3. The van der Waals surface area contributed by atoms with Crippen molar-refractivity contribution in [1.29, 1.82) is 0 Å². The van der Waals surface area contributed by atoms with Crippen molar-refractivity contribution >= 4 is 29.1 Å². The van der Waals surface area contributed by atoms with Gasteiger partial charge in [-0.05, 0) is 67.9 Å². The van der Waals surface area contributed by atoms with Gasteiger partial charge in [0.25, 0.3) is 11.8 Å². The maximum atomic E-state index is 13.6. The number of anilines is 2. The number of likely N-dealkylation sites (N-methyl/N-ethyl adjacent to an activating group) is 1. The molecule has 0 aliphatic rings. The Labute approximate surface area is 211 Å². The number of aryl methyl sites for hydroxylation is 1. The number of hydrazine groups is 1. The predicted octanol–water partition coefficient (Wildman–Crippen LogP) is 4.18. The van der Waals surface area contributed by atoms with Crippen molar-refractivity contribution in [3.05, 3.63) is 89.5 Å². The summed E-state index contributed by atoms with van der Waals surface area (Å²) >= 11 is 0. The number of amides is 3. The number of nitrogens with zero attached hydrogens (tertiary/aromatic N) is 1. The van der Waals surface area contributed by atoms with Gasteiger partial charge in [-0.3, -0.25) is 24.8 Å². The van der Waals surface area contributed by atoms with E-state index < -0.39 is 6.04 Å². The average Bonchev–Trinajstić information content (AvgIpc) is 2.87. The Morgan fingerprint density at radius 2 is 1.61 bits per heavy atom. The quantitative estimate of drug-likeness (QED) is 0.372. The minimum atomic E-state index is -0.824. The van der Waals surface area contributed by atoms with Crippen molar-refractivity contribution in [1.82, 2.24) is 10.3 Å². The molecule has 8 heteroatoms. The summed E-state index contributed by atoms with van der Waals surface area (Å²) in [5, 5.41) is 7.12. The first-order valence-electron chi connectivity index (χ1n) is 11.7. The third-order valence-electron chi connectivity index (χ3n) is 5.53. The molecule has 0 spiro atoms. The van der Waals surface area contributed by atoms with Crippen LogP contribution in [0.25, 0.3) is 0 Å². The number of carbonyl (C=O) groups is 3. The average molecular weight is 489 g/mol. The smallest absolute Gasteiger partial charge is 0.263 e. The van der Waals surface area contributed by atoms with Gasteiger partial charge in [-0.2, -0.15) is 0 Å². The molecule has 0 heterocycles. The molecule has 1 atom stereocenters. The Morgan fingerprint density at radius 3 is 2.19 bits per heavy atom. The zero-order chi connectivity index (χ0) is 26.1. The van der Waals surface area contributed by atoms with Gasteiger partial charge in [0.05, 0.1) is 12.8 Å². The van der Waals surface area contributed by atoms with E-state index in [2.05, 4.69) is 16.1 Å². The van der Waals surface area contributed by atoms with Gasteiger partial charge in [-0.1, -0.05) is 29.8 Å². The van der Waals surface area contributed by atoms with Crippen molar-refractivity contribution in [3.63, 3.8) is 0 Å². The lowest BCUT2D eigenvalue weighted by Crippen LogP contribution is -2.51. The molecule has 3 N–H and O–H groups in total. The summed E-state index contributed by atoms with van der Waals surface area (Å²) in [6.45, 7) is 5.59. The van der Waals surface area contributed by atoms with Crippen LogP contribution in [-0.4, -0.2) is 42.4 Å². The maximum absolute atomic E-state index is 13.6. The lowest BCUT2D eigenvalue weighted by molar-refractivity contribution is -0.131. The van der Waals surface area contributed by atoms with Crippen LogP contribution in [-0.2, 0) is 16.0 Å². The zero-order valence-corrected chi connectivity index (χ0v) is 21.0. The molecule has 0 saturated heterocycles. The topological polar surface area (TPSA) is 99.8 Å². The highest BCUT2D eigenvalue weighted by Gasteiger charge is 2.26. The molecule has 0 aliphatic carbocycles. The maximum Gasteiger partial charge on any atom is 0.263 e. The molecule has 3 aromatic carbocycles. The van der Waals surface area contributed by atoms with E-state index in [1.54, 1.807) is 43.5 Å². The predicted molar refractivity (Wildman–Crippen MR) is 141 cm³/mol. The standard InChI is InChI=1S/C28H32N4O4/c1-5-32(31-24-13-15-25(36-4)16-14-24)28(35)26(30-27(34)22-8-6-7-19(2)17-22)18-21-9-11-23(12-10-21)29-20(3)33/h6-17,26,31H,5,18H2,1-4H3,(H,29,33)(H,30,34). The second kappa shape index (κ2) is 12.4. The summed E-state index contributed by atoms with van der Waals surface area (Å²) < 4.78 is 5.20. The van der Waals surface area contributed by atoms with E-state index in [-0.39, 0.29) is 24.1 Å². The molecule has 188 valence electrons. The Kier molecular flexibility index (Phi) is 9.05. The van der Waals surface area contributed by atoms with Crippen molar-refractivity contribution in [2.45, 2.75) is 33.2 Å². The number of benzene rings is 3. The summed E-state index contributed by atoms with van der Waals surface area (Å²) in [5.74, 6) is -0.0574. The van der Waals surface area contributed by atoms with Crippen LogP contribution < -0.4 is 20.8 Å². The molecule has 3 aromatic rings. The normalized spacial score (nSPS) is 11.2. The molecule has 3 amide bonds. The van der Waals surface area contributed by atoms with Crippen molar-refractivity contribution in [3.8, 4) is 5.75 Å². The van der Waals surface area contributed by atoms with E-state index >= 15 is 0 Å². The van der Waals surface area contributed by atoms with Gasteiger partial charge in [0, 0.05) is 31.1 Å². The summed E-state index contributed by atoms with van der Waals surface area (Å²) in [5.41, 5.74) is 6.79. The SMILES string of the molecule is CCN(Nc1ccc(OC)cc1)C(=O)C(Cc1ccc(NC(C)=O)cc1)NC(=O)c1cccc(C)c1. The molecule has 8 nitrogen and oxygen atoms in total. The number of methoxy groups -OCH3 is 1. The summed E-state index contributed by atoms with van der Waals surface area (Å²) in [6, 6.07) is 20.8. The van der Waals surface area contributed by atoms with Gasteiger partial charge in [-0.25, -0.2) is 0 Å². The van der Waals surface area contributed by atoms with Crippen LogP contribution in [0.3, 0.4) is 0 Å². The van der Waals surface area contributed by atoms with E-state index in [0.717, 1.165) is 16.8 Å². The van der Waals surface area contributed by atoms with Crippen LogP contribution in [0, 0.1) is 6.92 Å². The number of hydrogen-bond donors (Lipinski definition) is 3. The van der Waals surface area contributed by atoms with E-state index in [1.807, 2.05) is 50.2 Å². The van der Waals surface area contributed by atoms with Crippen LogP contribution in [0.2, 0.25) is 0 Å². The Balaban J connectivity index is 1.83. The monoisotopic (exact) mass is 488 g/mol. The van der Waals surface area contributed by atoms with Gasteiger partial charge in [-0.15, -0.1) is 0 Å². The zero-order valence-electron chi connectivity index (χ0n) is 21.0. The van der Waals surface area contributed by atoms with Gasteiger partial charge in [0.15, 0.2) is 0 Å². The van der Waals surface area contributed by atoms with E-state index in [0.29, 0.717) is 23.5 Å². The first kappa shape index (κ1) is 26.3. The van der Waals surface area contributed by atoms with E-state index in [4.69, 9.17) is 4.74 Å². The molecule has 0 saturated carbocycles. The first-order valence-corrected chi connectivity index (χ1v) is 11.7. The Hall–Kier alpha value is -4.33. The van der Waals surface area contributed by atoms with Crippen LogP contribution in [0.4, 0.5) is 11.4 Å². The number of carbonyl (C=O) groups excluding carboxylic acids is 3. The fourth-order valence-corrected chi connectivity index (χ4v) is 3.69. The molecule has 1 unspecified atom stereocenters. The highest BCUT2D eigenvalue weighted by atomic mass is 16.5. The molecular formula is C28H32N4O4. The van der Waals surface area contributed by atoms with Crippen molar-refractivity contribution in [2.75, 3.05) is 24.4 Å². The summed E-state index contributed by atoms with van der Waals surface area (Å²) in [4.78, 5) is 38.0. The molecule has 0 radical (unpaired) electrons. The van der Waals surface area contributed by atoms with E-state index in [1.165, 1.54) is 11.9 Å². The second-order valence-corrected chi connectivity index (χ2v) is 8.40. The van der Waals surface area contributed by atoms with Crippen LogP contribution in [0.5, 0.6) is 5.75 Å². The minimum Gasteiger partial charge on any atom is -0.497 e. The third-order valence-corrected chi connectivity index (χ3v) is 5.53. The highest BCUT2D eigenvalue weighted by Crippen LogP contribution is 2.17. The lowest BCUT2D eigenvalue weighted by atomic mass is 10.0. The van der Waals surface area contributed by atoms with Gasteiger partial charge >= 0.3 is 0 Å².